The van der Waals surface area contributed by atoms with E-state index in [1.165, 1.54) is 11.7 Å². The molecule has 19 heavy (non-hydrogen) atoms. The minimum atomic E-state index is -0.973. The van der Waals surface area contributed by atoms with Gasteiger partial charge in [0.15, 0.2) is 5.82 Å². The predicted molar refractivity (Wildman–Crippen MR) is 67.1 cm³/mol. The molecule has 0 unspecified atom stereocenters. The molecule has 1 aromatic heterocycles. The fourth-order valence-corrected chi connectivity index (χ4v) is 1.77. The second kappa shape index (κ2) is 5.38. The average Bonchev–Trinajstić information content (AvgIpc) is 2.77. The quantitative estimate of drug-likeness (QED) is 0.828. The molecular formula is C12H13N3O4. The summed E-state index contributed by atoms with van der Waals surface area (Å²) in [5.74, 6) is -0.0409. The zero-order valence-corrected chi connectivity index (χ0v) is 10.3. The molecule has 0 saturated heterocycles. The van der Waals surface area contributed by atoms with E-state index in [0.717, 1.165) is 0 Å². The lowest BCUT2D eigenvalue weighted by Crippen LogP contribution is -2.19. The Hall–Kier alpha value is -2.57. The number of ether oxygens (including phenoxy) is 1. The molecule has 2 aromatic rings. The van der Waals surface area contributed by atoms with Crippen LogP contribution in [0.3, 0.4) is 0 Å². The number of aromatic nitrogens is 3. The third kappa shape index (κ3) is 2.65. The first-order chi connectivity index (χ1) is 9.13. The molecule has 0 bridgehead atoms. The van der Waals surface area contributed by atoms with E-state index in [-0.39, 0.29) is 13.0 Å². The fraction of sp³-hybridized carbons (Fsp3) is 0.250. The summed E-state index contributed by atoms with van der Waals surface area (Å²) in [6.45, 7) is 0.0536. The molecular weight excluding hydrogens is 250 g/mol. The van der Waals surface area contributed by atoms with Crippen molar-refractivity contribution >= 4 is 5.97 Å². The van der Waals surface area contributed by atoms with Crippen molar-refractivity contribution in [3.8, 4) is 17.1 Å². The Morgan fingerprint density at radius 2 is 2.21 bits per heavy atom. The van der Waals surface area contributed by atoms with Gasteiger partial charge < -0.3 is 9.84 Å². The van der Waals surface area contributed by atoms with Crippen molar-refractivity contribution in [2.75, 3.05) is 7.11 Å². The number of hydrogen-bond acceptors (Lipinski definition) is 4. The molecule has 0 aliphatic heterocycles. The molecule has 7 nitrogen and oxygen atoms in total. The maximum Gasteiger partial charge on any atom is 0.343 e. The molecule has 2 rings (SSSR count). The largest absolute Gasteiger partial charge is 0.496 e. The van der Waals surface area contributed by atoms with Crippen LogP contribution in [0.15, 0.2) is 29.1 Å². The summed E-state index contributed by atoms with van der Waals surface area (Å²) in [4.78, 5) is 22.2. The number of H-pyrrole nitrogens is 1. The number of methoxy groups -OCH3 is 1. The van der Waals surface area contributed by atoms with E-state index in [0.29, 0.717) is 17.1 Å². The molecule has 0 saturated carbocycles. The topological polar surface area (TPSA) is 97.2 Å². The van der Waals surface area contributed by atoms with Gasteiger partial charge in [-0.3, -0.25) is 9.36 Å². The third-order valence-corrected chi connectivity index (χ3v) is 2.66. The molecule has 2 N–H and O–H groups in total. The van der Waals surface area contributed by atoms with Crippen LogP contribution < -0.4 is 10.4 Å². The molecule has 1 heterocycles. The normalized spacial score (nSPS) is 10.4. The van der Waals surface area contributed by atoms with Gasteiger partial charge in [-0.25, -0.2) is 9.89 Å². The van der Waals surface area contributed by atoms with E-state index in [9.17, 15) is 9.59 Å². The van der Waals surface area contributed by atoms with Crippen LogP contribution in [0.25, 0.3) is 11.4 Å². The second-order valence-corrected chi connectivity index (χ2v) is 3.85. The highest BCUT2D eigenvalue weighted by atomic mass is 16.5. The van der Waals surface area contributed by atoms with Crippen LogP contribution in [0.2, 0.25) is 0 Å². The average molecular weight is 263 g/mol. The lowest BCUT2D eigenvalue weighted by atomic mass is 10.2. The first kappa shape index (κ1) is 12.9. The summed E-state index contributed by atoms with van der Waals surface area (Å²) in [7, 11) is 1.52. The van der Waals surface area contributed by atoms with Crippen molar-refractivity contribution in [3.05, 3.63) is 34.7 Å². The smallest absolute Gasteiger partial charge is 0.343 e. The maximum atomic E-state index is 11.6. The first-order valence-corrected chi connectivity index (χ1v) is 5.64. The zero-order valence-electron chi connectivity index (χ0n) is 10.3. The van der Waals surface area contributed by atoms with Gasteiger partial charge in [0.2, 0.25) is 0 Å². The van der Waals surface area contributed by atoms with Crippen molar-refractivity contribution in [2.24, 2.45) is 0 Å². The van der Waals surface area contributed by atoms with Gasteiger partial charge in [-0.05, 0) is 12.1 Å². The van der Waals surface area contributed by atoms with Crippen LogP contribution in [-0.4, -0.2) is 33.0 Å². The maximum absolute atomic E-state index is 11.6. The lowest BCUT2D eigenvalue weighted by molar-refractivity contribution is -0.137. The number of hydrogen-bond donors (Lipinski definition) is 2. The molecule has 100 valence electrons. The number of benzene rings is 1. The molecule has 0 spiro atoms. The van der Waals surface area contributed by atoms with Crippen LogP contribution in [0.4, 0.5) is 0 Å². The zero-order chi connectivity index (χ0) is 13.8. The van der Waals surface area contributed by atoms with E-state index in [4.69, 9.17) is 9.84 Å². The summed E-state index contributed by atoms with van der Waals surface area (Å²) in [5.41, 5.74) is 0.191. The van der Waals surface area contributed by atoms with Gasteiger partial charge in [0, 0.05) is 6.54 Å². The van der Waals surface area contributed by atoms with Gasteiger partial charge in [0.25, 0.3) is 0 Å². The Labute approximate surface area is 108 Å². The van der Waals surface area contributed by atoms with Crippen molar-refractivity contribution in [1.29, 1.82) is 0 Å². The first-order valence-electron chi connectivity index (χ1n) is 5.64. The molecule has 0 fully saturated rings. The van der Waals surface area contributed by atoms with Gasteiger partial charge in [-0.2, -0.15) is 5.10 Å². The predicted octanol–water partition coefficient (Wildman–Crippen LogP) is 0.722. The summed E-state index contributed by atoms with van der Waals surface area (Å²) in [6, 6.07) is 7.09. The standard InChI is InChI=1S/C12H13N3O4/c1-19-9-5-3-2-4-8(9)11-13-14-12(18)15(11)7-6-10(16)17/h2-5H,6-7H2,1H3,(H,14,18)(H,16,17). The summed E-state index contributed by atoms with van der Waals surface area (Å²) in [6.07, 6.45) is -0.151. The molecule has 7 heteroatoms. The van der Waals surface area contributed by atoms with Crippen LogP contribution >= 0.6 is 0 Å². The number of aliphatic carboxylic acids is 1. The van der Waals surface area contributed by atoms with Gasteiger partial charge in [-0.15, -0.1) is 0 Å². The van der Waals surface area contributed by atoms with Gasteiger partial charge in [-0.1, -0.05) is 12.1 Å². The molecule has 0 amide bonds. The Kier molecular flexibility index (Phi) is 3.65. The molecule has 0 atom stereocenters. The number of nitrogens with one attached hydrogen (secondary N) is 1. The number of rotatable bonds is 5. The Morgan fingerprint density at radius 3 is 2.89 bits per heavy atom. The van der Waals surface area contributed by atoms with Gasteiger partial charge >= 0.3 is 11.7 Å². The molecule has 1 aromatic carbocycles. The van der Waals surface area contributed by atoms with Crippen molar-refractivity contribution in [1.82, 2.24) is 14.8 Å². The Balaban J connectivity index is 2.45. The molecule has 0 aliphatic rings. The van der Waals surface area contributed by atoms with Crippen molar-refractivity contribution < 1.29 is 14.6 Å². The summed E-state index contributed by atoms with van der Waals surface area (Å²) >= 11 is 0. The number of carboxylic acid groups (broad SMARTS) is 1. The number of para-hydroxylation sites is 1. The van der Waals surface area contributed by atoms with Gasteiger partial charge in [0.05, 0.1) is 19.1 Å². The van der Waals surface area contributed by atoms with E-state index in [1.807, 2.05) is 0 Å². The lowest BCUT2D eigenvalue weighted by Gasteiger charge is -2.08. The number of aromatic amines is 1. The minimum absolute atomic E-state index is 0.0536. The highest BCUT2D eigenvalue weighted by Gasteiger charge is 2.15. The van der Waals surface area contributed by atoms with Crippen LogP contribution in [0, 0.1) is 0 Å². The van der Waals surface area contributed by atoms with Crippen LogP contribution in [0.1, 0.15) is 6.42 Å². The van der Waals surface area contributed by atoms with Crippen LogP contribution in [-0.2, 0) is 11.3 Å². The highest BCUT2D eigenvalue weighted by Crippen LogP contribution is 2.27. The molecule has 0 radical (unpaired) electrons. The fourth-order valence-electron chi connectivity index (χ4n) is 1.77. The van der Waals surface area contributed by atoms with E-state index >= 15 is 0 Å². The Morgan fingerprint density at radius 1 is 1.47 bits per heavy atom. The minimum Gasteiger partial charge on any atom is -0.496 e. The Bertz CT molecular complexity index is 644. The van der Waals surface area contributed by atoms with Crippen molar-refractivity contribution in [3.63, 3.8) is 0 Å². The van der Waals surface area contributed by atoms with E-state index in [2.05, 4.69) is 10.2 Å². The SMILES string of the molecule is COc1ccccc1-c1n[nH]c(=O)n1CCC(=O)O. The van der Waals surface area contributed by atoms with Crippen molar-refractivity contribution in [2.45, 2.75) is 13.0 Å². The summed E-state index contributed by atoms with van der Waals surface area (Å²) in [5, 5.41) is 14.9. The number of nitrogens with zero attached hydrogens (tertiary/aromatic N) is 2. The third-order valence-electron chi connectivity index (χ3n) is 2.66. The number of carboxylic acids is 1. The highest BCUT2D eigenvalue weighted by molar-refractivity contribution is 5.67. The van der Waals surface area contributed by atoms with E-state index in [1.54, 1.807) is 24.3 Å². The van der Waals surface area contributed by atoms with Crippen LogP contribution in [0.5, 0.6) is 5.75 Å². The van der Waals surface area contributed by atoms with Gasteiger partial charge in [0.1, 0.15) is 5.75 Å². The second-order valence-electron chi connectivity index (χ2n) is 3.85. The number of carbonyl (C=O) groups is 1. The van der Waals surface area contributed by atoms with E-state index < -0.39 is 11.7 Å². The summed E-state index contributed by atoms with van der Waals surface area (Å²) < 4.78 is 6.49. The molecule has 0 aliphatic carbocycles. The monoisotopic (exact) mass is 263 g/mol.